The van der Waals surface area contributed by atoms with Gasteiger partial charge in [-0.15, -0.1) is 0 Å². The van der Waals surface area contributed by atoms with Gasteiger partial charge in [0.15, 0.2) is 5.78 Å². The second-order valence-electron chi connectivity index (χ2n) is 5.73. The lowest BCUT2D eigenvalue weighted by molar-refractivity contribution is -0.0767. The maximum Gasteiger partial charge on any atom is 0.165 e. The van der Waals surface area contributed by atoms with Crippen LogP contribution in [0.15, 0.2) is 24.3 Å². The van der Waals surface area contributed by atoms with Gasteiger partial charge in [-0.05, 0) is 19.2 Å². The van der Waals surface area contributed by atoms with Gasteiger partial charge in [-0.1, -0.05) is 23.7 Å². The van der Waals surface area contributed by atoms with Crippen molar-refractivity contribution in [1.29, 1.82) is 0 Å². The first kappa shape index (κ1) is 16.4. The molecule has 0 amide bonds. The molecule has 0 saturated carbocycles. The van der Waals surface area contributed by atoms with Gasteiger partial charge in [0, 0.05) is 51.1 Å². The van der Waals surface area contributed by atoms with Gasteiger partial charge in [0.1, 0.15) is 0 Å². The zero-order valence-electron chi connectivity index (χ0n) is 12.3. The molecule has 1 aromatic carbocycles. The molecular weight excluding hydrogens is 290 g/mol. The Labute approximate surface area is 130 Å². The minimum Gasteiger partial charge on any atom is -0.388 e. The van der Waals surface area contributed by atoms with Gasteiger partial charge in [-0.25, -0.2) is 0 Å². The molecule has 21 heavy (non-hydrogen) atoms. The molecule has 1 aliphatic rings. The predicted octanol–water partition coefficient (Wildman–Crippen LogP) is 2.39. The van der Waals surface area contributed by atoms with E-state index in [2.05, 4.69) is 0 Å². The SMILES string of the molecule is CN(CCC(=O)c1ccccc1Cl)CC1(O)CCOCC1. The maximum atomic E-state index is 12.1. The quantitative estimate of drug-likeness (QED) is 0.820. The van der Waals surface area contributed by atoms with Gasteiger partial charge in [0.2, 0.25) is 0 Å². The third kappa shape index (κ3) is 4.78. The van der Waals surface area contributed by atoms with E-state index in [4.69, 9.17) is 16.3 Å². The second-order valence-corrected chi connectivity index (χ2v) is 6.13. The van der Waals surface area contributed by atoms with Crippen LogP contribution in [0.5, 0.6) is 0 Å². The Morgan fingerprint density at radius 2 is 2.05 bits per heavy atom. The fraction of sp³-hybridized carbons (Fsp3) is 0.562. The summed E-state index contributed by atoms with van der Waals surface area (Å²) in [6, 6.07) is 7.10. The number of ether oxygens (including phenoxy) is 1. The lowest BCUT2D eigenvalue weighted by Crippen LogP contribution is -2.46. The topological polar surface area (TPSA) is 49.8 Å². The van der Waals surface area contributed by atoms with Crippen LogP contribution in [0.3, 0.4) is 0 Å². The average molecular weight is 312 g/mol. The number of halogens is 1. The van der Waals surface area contributed by atoms with E-state index >= 15 is 0 Å². The van der Waals surface area contributed by atoms with Crippen LogP contribution < -0.4 is 0 Å². The first-order valence-electron chi connectivity index (χ1n) is 7.27. The highest BCUT2D eigenvalue weighted by atomic mass is 35.5. The fourth-order valence-corrected chi connectivity index (χ4v) is 2.85. The van der Waals surface area contributed by atoms with Gasteiger partial charge >= 0.3 is 0 Å². The standard InChI is InChI=1S/C16H22ClNO3/c1-18(12-16(20)7-10-21-11-8-16)9-6-15(19)13-4-2-3-5-14(13)17/h2-5,20H,6-12H2,1H3. The van der Waals surface area contributed by atoms with Crippen LogP contribution in [-0.4, -0.2) is 54.7 Å². The smallest absolute Gasteiger partial charge is 0.165 e. The van der Waals surface area contributed by atoms with Crippen molar-refractivity contribution in [3.05, 3.63) is 34.9 Å². The molecule has 1 heterocycles. The van der Waals surface area contributed by atoms with Crippen molar-refractivity contribution in [2.75, 3.05) is 33.4 Å². The summed E-state index contributed by atoms with van der Waals surface area (Å²) < 4.78 is 5.27. The van der Waals surface area contributed by atoms with Crippen LogP contribution in [0.4, 0.5) is 0 Å². The molecule has 116 valence electrons. The summed E-state index contributed by atoms with van der Waals surface area (Å²) in [5.41, 5.74) is -0.127. The molecule has 1 aromatic rings. The van der Waals surface area contributed by atoms with Crippen molar-refractivity contribution in [2.24, 2.45) is 0 Å². The molecule has 0 aliphatic carbocycles. The number of likely N-dealkylation sites (N-methyl/N-ethyl adjacent to an activating group) is 1. The molecule has 0 unspecified atom stereocenters. The Morgan fingerprint density at radius 1 is 1.38 bits per heavy atom. The molecule has 1 saturated heterocycles. The molecule has 2 rings (SSSR count). The highest BCUT2D eigenvalue weighted by Crippen LogP contribution is 2.22. The van der Waals surface area contributed by atoms with E-state index in [1.807, 2.05) is 24.1 Å². The van der Waals surface area contributed by atoms with Gasteiger partial charge in [-0.3, -0.25) is 4.79 Å². The van der Waals surface area contributed by atoms with Crippen LogP contribution in [0.1, 0.15) is 29.6 Å². The second kappa shape index (κ2) is 7.36. The molecule has 5 heteroatoms. The van der Waals surface area contributed by atoms with Crippen LogP contribution in [-0.2, 0) is 4.74 Å². The van der Waals surface area contributed by atoms with Crippen LogP contribution in [0, 0.1) is 0 Å². The van der Waals surface area contributed by atoms with E-state index in [0.717, 1.165) is 0 Å². The number of rotatable bonds is 6. The Balaban J connectivity index is 1.82. The molecule has 1 fully saturated rings. The van der Waals surface area contributed by atoms with Gasteiger partial charge < -0.3 is 14.7 Å². The summed E-state index contributed by atoms with van der Waals surface area (Å²) in [7, 11) is 1.92. The Hall–Kier alpha value is -0.940. The van der Waals surface area contributed by atoms with E-state index < -0.39 is 5.60 Å². The highest BCUT2D eigenvalue weighted by Gasteiger charge is 2.30. The number of hydrogen-bond donors (Lipinski definition) is 1. The van der Waals surface area contributed by atoms with Crippen molar-refractivity contribution in [1.82, 2.24) is 4.90 Å². The number of hydrogen-bond acceptors (Lipinski definition) is 4. The highest BCUT2D eigenvalue weighted by molar-refractivity contribution is 6.33. The third-order valence-electron chi connectivity index (χ3n) is 3.88. The molecule has 1 N–H and O–H groups in total. The third-order valence-corrected chi connectivity index (χ3v) is 4.21. The summed E-state index contributed by atoms with van der Waals surface area (Å²) >= 11 is 6.02. The fourth-order valence-electron chi connectivity index (χ4n) is 2.61. The normalized spacial score (nSPS) is 17.9. The zero-order valence-corrected chi connectivity index (χ0v) is 13.1. The van der Waals surface area contributed by atoms with Crippen molar-refractivity contribution >= 4 is 17.4 Å². The molecule has 0 aromatic heterocycles. The molecule has 0 atom stereocenters. The summed E-state index contributed by atoms with van der Waals surface area (Å²) in [4.78, 5) is 14.1. The molecular formula is C16H22ClNO3. The molecule has 0 radical (unpaired) electrons. The molecule has 0 bridgehead atoms. The van der Waals surface area contributed by atoms with Crippen molar-refractivity contribution in [2.45, 2.75) is 24.9 Å². The van der Waals surface area contributed by atoms with Crippen molar-refractivity contribution in [3.63, 3.8) is 0 Å². The largest absolute Gasteiger partial charge is 0.388 e. The number of carbonyl (C=O) groups is 1. The Bertz CT molecular complexity index is 486. The van der Waals surface area contributed by atoms with E-state index in [0.29, 0.717) is 56.2 Å². The van der Waals surface area contributed by atoms with Gasteiger partial charge in [0.05, 0.1) is 10.6 Å². The number of nitrogens with zero attached hydrogens (tertiary/aromatic N) is 1. The summed E-state index contributed by atoms with van der Waals surface area (Å²) in [5, 5.41) is 10.9. The first-order chi connectivity index (χ1) is 10.0. The number of benzene rings is 1. The summed E-state index contributed by atoms with van der Waals surface area (Å²) in [6.45, 7) is 2.37. The van der Waals surface area contributed by atoms with Gasteiger partial charge in [0.25, 0.3) is 0 Å². The van der Waals surface area contributed by atoms with Crippen LogP contribution in [0.2, 0.25) is 5.02 Å². The Morgan fingerprint density at radius 3 is 2.71 bits per heavy atom. The maximum absolute atomic E-state index is 12.1. The monoisotopic (exact) mass is 311 g/mol. The summed E-state index contributed by atoms with van der Waals surface area (Å²) in [6.07, 6.45) is 1.69. The molecule has 1 aliphatic heterocycles. The summed E-state index contributed by atoms with van der Waals surface area (Å²) in [5.74, 6) is 0.0337. The van der Waals surface area contributed by atoms with E-state index in [1.165, 1.54) is 0 Å². The number of carbonyl (C=O) groups excluding carboxylic acids is 1. The van der Waals surface area contributed by atoms with Crippen LogP contribution >= 0.6 is 11.6 Å². The van der Waals surface area contributed by atoms with Crippen molar-refractivity contribution < 1.29 is 14.6 Å². The van der Waals surface area contributed by atoms with Crippen LogP contribution in [0.25, 0.3) is 0 Å². The average Bonchev–Trinajstić information content (AvgIpc) is 2.45. The van der Waals surface area contributed by atoms with Crippen molar-refractivity contribution in [3.8, 4) is 0 Å². The Kier molecular flexibility index (Phi) is 5.76. The zero-order chi connectivity index (χ0) is 15.3. The lowest BCUT2D eigenvalue weighted by atomic mass is 9.94. The van der Waals surface area contributed by atoms with E-state index in [9.17, 15) is 9.90 Å². The predicted molar refractivity (Wildman–Crippen MR) is 82.9 cm³/mol. The van der Waals surface area contributed by atoms with E-state index in [-0.39, 0.29) is 5.78 Å². The number of aliphatic hydroxyl groups is 1. The molecule has 0 spiro atoms. The minimum absolute atomic E-state index is 0.0337. The van der Waals surface area contributed by atoms with E-state index in [1.54, 1.807) is 12.1 Å². The number of Topliss-reactive ketones (excluding diaryl/α,β-unsaturated/α-hetero) is 1. The lowest BCUT2D eigenvalue weighted by Gasteiger charge is -2.35. The minimum atomic E-state index is -0.694. The number of ketones is 1. The first-order valence-corrected chi connectivity index (χ1v) is 7.64. The molecule has 4 nitrogen and oxygen atoms in total. The van der Waals surface area contributed by atoms with Gasteiger partial charge in [-0.2, -0.15) is 0 Å².